The molecule has 1 aromatic rings. The van der Waals surface area contributed by atoms with Crippen molar-refractivity contribution in [2.45, 2.75) is 13.0 Å². The number of thiophene rings is 1. The topological polar surface area (TPSA) is 49.3 Å². The maximum absolute atomic E-state index is 10.2. The zero-order chi connectivity index (χ0) is 10.4. The van der Waals surface area contributed by atoms with Gasteiger partial charge in [-0.05, 0) is 18.4 Å². The Kier molecular flexibility index (Phi) is 4.35. The van der Waals surface area contributed by atoms with Crippen LogP contribution in [0.2, 0.25) is 0 Å². The van der Waals surface area contributed by atoms with Gasteiger partial charge in [0.1, 0.15) is 0 Å². The molecule has 0 bridgehead atoms. The van der Waals surface area contributed by atoms with Crippen molar-refractivity contribution in [3.05, 3.63) is 34.5 Å². The number of hydrogen-bond donors (Lipinski definition) is 2. The summed E-state index contributed by atoms with van der Waals surface area (Å²) in [5, 5.41) is 13.6. The molecule has 3 nitrogen and oxygen atoms in total. The minimum atomic E-state index is -0.907. The minimum Gasteiger partial charge on any atom is -0.478 e. The Morgan fingerprint density at radius 1 is 1.79 bits per heavy atom. The minimum absolute atomic E-state index is 0.272. The van der Waals surface area contributed by atoms with Crippen LogP contribution in [0.15, 0.2) is 29.7 Å². The Labute approximate surface area is 87.1 Å². The molecule has 2 N–H and O–H groups in total. The van der Waals surface area contributed by atoms with Gasteiger partial charge < -0.3 is 10.4 Å². The van der Waals surface area contributed by atoms with E-state index in [0.717, 1.165) is 6.08 Å². The quantitative estimate of drug-likeness (QED) is 0.733. The summed E-state index contributed by atoms with van der Waals surface area (Å²) in [5.41, 5.74) is 0. The van der Waals surface area contributed by atoms with E-state index < -0.39 is 5.97 Å². The fraction of sp³-hybridized carbons (Fsp3) is 0.300. The Balaban J connectivity index is 2.29. The fourth-order valence-corrected chi connectivity index (χ4v) is 1.80. The molecule has 1 aromatic heterocycles. The number of rotatable bonds is 5. The van der Waals surface area contributed by atoms with Crippen LogP contribution >= 0.6 is 11.3 Å². The molecule has 0 aromatic carbocycles. The van der Waals surface area contributed by atoms with Gasteiger partial charge in [0.2, 0.25) is 0 Å². The van der Waals surface area contributed by atoms with Gasteiger partial charge in [0.05, 0.1) is 0 Å². The van der Waals surface area contributed by atoms with Crippen molar-refractivity contribution < 1.29 is 9.90 Å². The second-order valence-electron chi connectivity index (χ2n) is 2.89. The van der Waals surface area contributed by atoms with Crippen LogP contribution in [0.5, 0.6) is 0 Å². The molecule has 14 heavy (non-hydrogen) atoms. The van der Waals surface area contributed by atoms with Crippen LogP contribution < -0.4 is 5.32 Å². The standard InChI is InChI=1S/C10H13NO2S/c1-8(9-4-3-7-14-9)11-6-2-5-10(12)13/h2-5,7-8,11H,6H2,1H3,(H,12,13)/b5-2+. The van der Waals surface area contributed by atoms with Gasteiger partial charge in [-0.1, -0.05) is 12.1 Å². The molecule has 0 spiro atoms. The number of hydrogen-bond acceptors (Lipinski definition) is 3. The van der Waals surface area contributed by atoms with E-state index in [1.165, 1.54) is 4.88 Å². The first-order valence-corrected chi connectivity index (χ1v) is 5.24. The van der Waals surface area contributed by atoms with Crippen molar-refractivity contribution in [2.75, 3.05) is 6.54 Å². The molecule has 0 saturated carbocycles. The second kappa shape index (κ2) is 5.57. The Morgan fingerprint density at radius 2 is 2.57 bits per heavy atom. The van der Waals surface area contributed by atoms with Crippen LogP contribution in [0.4, 0.5) is 0 Å². The van der Waals surface area contributed by atoms with Gasteiger partial charge in [-0.15, -0.1) is 11.3 Å². The molecule has 0 aliphatic rings. The average molecular weight is 211 g/mol. The van der Waals surface area contributed by atoms with Crippen molar-refractivity contribution >= 4 is 17.3 Å². The molecule has 1 unspecified atom stereocenters. The largest absolute Gasteiger partial charge is 0.478 e. The second-order valence-corrected chi connectivity index (χ2v) is 3.87. The molecule has 0 fully saturated rings. The van der Waals surface area contributed by atoms with Gasteiger partial charge in [-0.3, -0.25) is 0 Å². The predicted octanol–water partition coefficient (Wildman–Crippen LogP) is 2.04. The molecule has 1 heterocycles. The highest BCUT2D eigenvalue weighted by molar-refractivity contribution is 7.10. The van der Waals surface area contributed by atoms with Crippen LogP contribution in [-0.2, 0) is 4.79 Å². The van der Waals surface area contributed by atoms with Gasteiger partial charge in [0, 0.05) is 23.5 Å². The Hall–Kier alpha value is -1.13. The highest BCUT2D eigenvalue weighted by Gasteiger charge is 2.02. The first-order valence-electron chi connectivity index (χ1n) is 4.36. The maximum Gasteiger partial charge on any atom is 0.328 e. The molecular weight excluding hydrogens is 198 g/mol. The highest BCUT2D eigenvalue weighted by atomic mass is 32.1. The molecule has 1 rings (SSSR count). The van der Waals surface area contributed by atoms with E-state index in [4.69, 9.17) is 5.11 Å². The average Bonchev–Trinajstić information content (AvgIpc) is 2.64. The van der Waals surface area contributed by atoms with Gasteiger partial charge >= 0.3 is 5.97 Å². The number of carbonyl (C=O) groups is 1. The molecular formula is C10H13NO2S. The van der Waals surface area contributed by atoms with Gasteiger partial charge in [0.15, 0.2) is 0 Å². The van der Waals surface area contributed by atoms with Gasteiger partial charge in [-0.2, -0.15) is 0 Å². The van der Waals surface area contributed by atoms with Crippen LogP contribution in [0.25, 0.3) is 0 Å². The smallest absolute Gasteiger partial charge is 0.328 e. The summed E-state index contributed by atoms with van der Waals surface area (Å²) in [6.45, 7) is 2.63. The summed E-state index contributed by atoms with van der Waals surface area (Å²) < 4.78 is 0. The lowest BCUT2D eigenvalue weighted by molar-refractivity contribution is -0.131. The molecule has 1 atom stereocenters. The number of carboxylic acids is 1. The molecule has 0 amide bonds. The maximum atomic E-state index is 10.2. The summed E-state index contributed by atoms with van der Waals surface area (Å²) in [5.74, 6) is -0.907. The molecule has 0 aliphatic heterocycles. The molecule has 0 radical (unpaired) electrons. The van der Waals surface area contributed by atoms with Gasteiger partial charge in [-0.25, -0.2) is 4.79 Å². The number of aliphatic carboxylic acids is 1. The van der Waals surface area contributed by atoms with E-state index in [0.29, 0.717) is 6.54 Å². The summed E-state index contributed by atoms with van der Waals surface area (Å²) >= 11 is 1.69. The Morgan fingerprint density at radius 3 is 3.14 bits per heavy atom. The summed E-state index contributed by atoms with van der Waals surface area (Å²) in [4.78, 5) is 11.4. The normalized spacial score (nSPS) is 13.2. The number of carboxylic acid groups (broad SMARTS) is 1. The zero-order valence-electron chi connectivity index (χ0n) is 7.93. The molecule has 76 valence electrons. The summed E-state index contributed by atoms with van der Waals surface area (Å²) in [6.07, 6.45) is 2.75. The van der Waals surface area contributed by atoms with E-state index in [1.807, 2.05) is 11.4 Å². The van der Waals surface area contributed by atoms with Crippen LogP contribution in [-0.4, -0.2) is 17.6 Å². The van der Waals surface area contributed by atoms with E-state index >= 15 is 0 Å². The fourth-order valence-electron chi connectivity index (χ4n) is 1.04. The summed E-state index contributed by atoms with van der Waals surface area (Å²) in [6, 6.07) is 4.34. The first kappa shape index (κ1) is 10.9. The lowest BCUT2D eigenvalue weighted by Gasteiger charge is -2.09. The van der Waals surface area contributed by atoms with Gasteiger partial charge in [0.25, 0.3) is 0 Å². The van der Waals surface area contributed by atoms with E-state index in [2.05, 4.69) is 18.3 Å². The third-order valence-electron chi connectivity index (χ3n) is 1.77. The predicted molar refractivity (Wildman–Crippen MR) is 57.5 cm³/mol. The third kappa shape index (κ3) is 3.72. The van der Waals surface area contributed by atoms with E-state index in [1.54, 1.807) is 17.4 Å². The van der Waals surface area contributed by atoms with Crippen molar-refractivity contribution in [1.29, 1.82) is 0 Å². The number of nitrogens with one attached hydrogen (secondary N) is 1. The van der Waals surface area contributed by atoms with Crippen LogP contribution in [0, 0.1) is 0 Å². The van der Waals surface area contributed by atoms with Crippen LogP contribution in [0.3, 0.4) is 0 Å². The molecule has 4 heteroatoms. The lowest BCUT2D eigenvalue weighted by atomic mass is 10.3. The summed E-state index contributed by atoms with van der Waals surface area (Å²) in [7, 11) is 0. The van der Waals surface area contributed by atoms with Crippen molar-refractivity contribution in [1.82, 2.24) is 5.32 Å². The van der Waals surface area contributed by atoms with Crippen molar-refractivity contribution in [3.63, 3.8) is 0 Å². The van der Waals surface area contributed by atoms with Crippen molar-refractivity contribution in [2.24, 2.45) is 0 Å². The lowest BCUT2D eigenvalue weighted by Crippen LogP contribution is -2.17. The highest BCUT2D eigenvalue weighted by Crippen LogP contribution is 2.17. The SMILES string of the molecule is CC(NC/C=C/C(=O)O)c1cccs1. The van der Waals surface area contributed by atoms with Crippen LogP contribution in [0.1, 0.15) is 17.8 Å². The Bertz CT molecular complexity index is 306. The van der Waals surface area contributed by atoms with E-state index in [-0.39, 0.29) is 6.04 Å². The molecule has 0 saturated heterocycles. The van der Waals surface area contributed by atoms with Crippen molar-refractivity contribution in [3.8, 4) is 0 Å². The first-order chi connectivity index (χ1) is 6.70. The monoisotopic (exact) mass is 211 g/mol. The zero-order valence-corrected chi connectivity index (χ0v) is 8.75. The van der Waals surface area contributed by atoms with E-state index in [9.17, 15) is 4.79 Å². The molecule has 0 aliphatic carbocycles. The third-order valence-corrected chi connectivity index (χ3v) is 2.83.